The van der Waals surface area contributed by atoms with Crippen LogP contribution in [0.15, 0.2) is 54.6 Å². The second-order valence-electron chi connectivity index (χ2n) is 4.19. The number of hydrogen-bond acceptors (Lipinski definition) is 3. The van der Waals surface area contributed by atoms with Gasteiger partial charge in [-0.25, -0.2) is 0 Å². The van der Waals surface area contributed by atoms with Gasteiger partial charge in [0.05, 0.1) is 12.6 Å². The van der Waals surface area contributed by atoms with Crippen molar-refractivity contribution in [2.45, 2.75) is 12.6 Å². The molecule has 2 aromatic rings. The van der Waals surface area contributed by atoms with E-state index in [2.05, 4.69) is 5.32 Å². The molecule has 94 valence electrons. The normalized spacial score (nSPS) is 12.3. The number of phenolic OH excluding ortho intramolecular Hbond substituents is 1. The molecule has 0 aliphatic heterocycles. The minimum Gasteiger partial charge on any atom is -0.508 e. The fourth-order valence-corrected chi connectivity index (χ4v) is 1.83. The molecule has 2 aromatic carbocycles. The maximum atomic E-state index is 9.40. The van der Waals surface area contributed by atoms with Gasteiger partial charge in [0.2, 0.25) is 0 Å². The molecule has 0 radical (unpaired) electrons. The Balaban J connectivity index is 1.97. The highest BCUT2D eigenvalue weighted by atomic mass is 16.3. The molecule has 0 heterocycles. The van der Waals surface area contributed by atoms with Crippen molar-refractivity contribution < 1.29 is 10.2 Å². The lowest BCUT2D eigenvalue weighted by atomic mass is 10.1. The Morgan fingerprint density at radius 1 is 0.944 bits per heavy atom. The largest absolute Gasteiger partial charge is 0.508 e. The summed E-state index contributed by atoms with van der Waals surface area (Å²) in [7, 11) is 0. The Kier molecular flexibility index (Phi) is 4.34. The van der Waals surface area contributed by atoms with Crippen LogP contribution in [0.5, 0.6) is 5.75 Å². The molecular formula is C15H17NO2. The molecule has 1 atom stereocenters. The van der Waals surface area contributed by atoms with Gasteiger partial charge in [0, 0.05) is 6.54 Å². The first-order valence-corrected chi connectivity index (χ1v) is 5.96. The van der Waals surface area contributed by atoms with Gasteiger partial charge < -0.3 is 15.5 Å². The summed E-state index contributed by atoms with van der Waals surface area (Å²) in [6.45, 7) is 0.711. The van der Waals surface area contributed by atoms with Crippen molar-refractivity contribution in [1.82, 2.24) is 5.32 Å². The summed E-state index contributed by atoms with van der Waals surface area (Å²) in [6.07, 6.45) is 0. The van der Waals surface area contributed by atoms with E-state index in [-0.39, 0.29) is 18.4 Å². The van der Waals surface area contributed by atoms with Crippen LogP contribution in [-0.2, 0) is 6.54 Å². The smallest absolute Gasteiger partial charge is 0.115 e. The van der Waals surface area contributed by atoms with Crippen LogP contribution in [0.25, 0.3) is 0 Å². The van der Waals surface area contributed by atoms with E-state index in [0.29, 0.717) is 6.54 Å². The topological polar surface area (TPSA) is 52.5 Å². The van der Waals surface area contributed by atoms with E-state index in [1.165, 1.54) is 0 Å². The number of nitrogens with one attached hydrogen (secondary N) is 1. The van der Waals surface area contributed by atoms with Crippen molar-refractivity contribution in [1.29, 1.82) is 0 Å². The molecule has 0 amide bonds. The molecule has 3 heteroatoms. The fraction of sp³-hybridized carbons (Fsp3) is 0.200. The molecule has 0 aliphatic rings. The van der Waals surface area contributed by atoms with Gasteiger partial charge in [-0.05, 0) is 23.3 Å². The Labute approximate surface area is 107 Å². The third-order valence-electron chi connectivity index (χ3n) is 2.87. The van der Waals surface area contributed by atoms with Crippen molar-refractivity contribution >= 4 is 0 Å². The van der Waals surface area contributed by atoms with Crippen molar-refractivity contribution in [2.24, 2.45) is 0 Å². The lowest BCUT2D eigenvalue weighted by molar-refractivity contribution is 0.243. The molecule has 0 saturated heterocycles. The van der Waals surface area contributed by atoms with Crippen LogP contribution >= 0.6 is 0 Å². The number of rotatable bonds is 5. The minimum atomic E-state index is -0.0694. The lowest BCUT2D eigenvalue weighted by Gasteiger charge is -2.16. The van der Waals surface area contributed by atoms with Crippen LogP contribution in [0.2, 0.25) is 0 Å². The predicted octanol–water partition coefficient (Wildman–Crippen LogP) is 2.22. The van der Waals surface area contributed by atoms with E-state index >= 15 is 0 Å². The molecule has 3 nitrogen and oxygen atoms in total. The molecule has 1 unspecified atom stereocenters. The van der Waals surface area contributed by atoms with Crippen LogP contribution < -0.4 is 5.32 Å². The molecule has 0 bridgehead atoms. The van der Waals surface area contributed by atoms with Crippen molar-refractivity contribution in [3.05, 3.63) is 65.7 Å². The highest BCUT2D eigenvalue weighted by Gasteiger charge is 2.08. The fourth-order valence-electron chi connectivity index (χ4n) is 1.83. The Morgan fingerprint density at radius 2 is 1.61 bits per heavy atom. The third-order valence-corrected chi connectivity index (χ3v) is 2.87. The first-order valence-electron chi connectivity index (χ1n) is 5.96. The number of aliphatic hydroxyl groups excluding tert-OH is 1. The average Bonchev–Trinajstić information content (AvgIpc) is 2.43. The zero-order valence-corrected chi connectivity index (χ0v) is 10.1. The number of aromatic hydroxyl groups is 1. The van der Waals surface area contributed by atoms with Gasteiger partial charge in [-0.1, -0.05) is 42.5 Å². The molecular weight excluding hydrogens is 226 g/mol. The van der Waals surface area contributed by atoms with Gasteiger partial charge in [0.1, 0.15) is 5.75 Å². The Bertz CT molecular complexity index is 468. The number of phenols is 1. The summed E-state index contributed by atoms with van der Waals surface area (Å²) >= 11 is 0. The zero-order valence-electron chi connectivity index (χ0n) is 10.1. The molecule has 2 rings (SSSR count). The van der Waals surface area contributed by atoms with Crippen molar-refractivity contribution in [2.75, 3.05) is 6.61 Å². The number of aliphatic hydroxyl groups is 1. The van der Waals surface area contributed by atoms with Gasteiger partial charge >= 0.3 is 0 Å². The van der Waals surface area contributed by atoms with Gasteiger partial charge in [0.15, 0.2) is 0 Å². The van der Waals surface area contributed by atoms with E-state index in [1.807, 2.05) is 42.5 Å². The van der Waals surface area contributed by atoms with Crippen molar-refractivity contribution in [3.8, 4) is 5.75 Å². The molecule has 3 N–H and O–H groups in total. The van der Waals surface area contributed by atoms with Crippen LogP contribution in [0.1, 0.15) is 17.2 Å². The van der Waals surface area contributed by atoms with E-state index in [4.69, 9.17) is 0 Å². The van der Waals surface area contributed by atoms with Crippen LogP contribution in [0, 0.1) is 0 Å². The molecule has 18 heavy (non-hydrogen) atoms. The van der Waals surface area contributed by atoms with Gasteiger partial charge in [-0.3, -0.25) is 0 Å². The second kappa shape index (κ2) is 6.19. The standard InChI is InChI=1S/C15H17NO2/c17-11-15(13-4-2-1-3-5-13)16-10-12-6-8-14(18)9-7-12/h1-9,15-18H,10-11H2. The molecule has 0 aliphatic carbocycles. The highest BCUT2D eigenvalue weighted by Crippen LogP contribution is 2.14. The summed E-state index contributed by atoms with van der Waals surface area (Å²) in [5.41, 5.74) is 2.14. The summed E-state index contributed by atoms with van der Waals surface area (Å²) in [4.78, 5) is 0. The predicted molar refractivity (Wildman–Crippen MR) is 71.2 cm³/mol. The van der Waals surface area contributed by atoms with Crippen LogP contribution in [0.3, 0.4) is 0 Å². The molecule has 0 saturated carbocycles. The highest BCUT2D eigenvalue weighted by molar-refractivity contribution is 5.26. The van der Waals surface area contributed by atoms with Gasteiger partial charge in [0.25, 0.3) is 0 Å². The molecule has 0 fully saturated rings. The van der Waals surface area contributed by atoms with Crippen molar-refractivity contribution in [3.63, 3.8) is 0 Å². The van der Waals surface area contributed by atoms with E-state index in [1.54, 1.807) is 12.1 Å². The lowest BCUT2D eigenvalue weighted by Crippen LogP contribution is -2.23. The summed E-state index contributed by atoms with van der Waals surface area (Å²) < 4.78 is 0. The monoisotopic (exact) mass is 243 g/mol. The molecule has 0 aromatic heterocycles. The summed E-state index contributed by atoms with van der Waals surface area (Å²) in [5.74, 6) is 0.264. The summed E-state index contributed by atoms with van der Waals surface area (Å²) in [5, 5.41) is 21.9. The quantitative estimate of drug-likeness (QED) is 0.754. The van der Waals surface area contributed by atoms with E-state index in [9.17, 15) is 10.2 Å². The van der Waals surface area contributed by atoms with Crippen LogP contribution in [0.4, 0.5) is 0 Å². The average molecular weight is 243 g/mol. The number of hydrogen-bond donors (Lipinski definition) is 3. The third kappa shape index (κ3) is 3.32. The maximum Gasteiger partial charge on any atom is 0.115 e. The van der Waals surface area contributed by atoms with E-state index < -0.39 is 0 Å². The first-order chi connectivity index (χ1) is 8.79. The SMILES string of the molecule is OCC(NCc1ccc(O)cc1)c1ccccc1. The van der Waals surface area contributed by atoms with Crippen LogP contribution in [-0.4, -0.2) is 16.8 Å². The zero-order chi connectivity index (χ0) is 12.8. The minimum absolute atomic E-state index is 0.0576. The maximum absolute atomic E-state index is 9.40. The molecule has 0 spiro atoms. The second-order valence-corrected chi connectivity index (χ2v) is 4.19. The Hall–Kier alpha value is -1.84. The van der Waals surface area contributed by atoms with Gasteiger partial charge in [-0.15, -0.1) is 0 Å². The van der Waals surface area contributed by atoms with Gasteiger partial charge in [-0.2, -0.15) is 0 Å². The number of benzene rings is 2. The Morgan fingerprint density at radius 3 is 2.22 bits per heavy atom. The summed E-state index contributed by atoms with van der Waals surface area (Å²) in [6, 6.07) is 16.8. The first kappa shape index (κ1) is 12.6. The van der Waals surface area contributed by atoms with E-state index in [0.717, 1.165) is 11.1 Å².